The van der Waals surface area contributed by atoms with Crippen LogP contribution in [-0.4, -0.2) is 40.7 Å². The van der Waals surface area contributed by atoms with Crippen molar-refractivity contribution in [3.05, 3.63) is 82.4 Å². The van der Waals surface area contributed by atoms with Crippen molar-refractivity contribution < 1.29 is 17.9 Å². The molecule has 0 saturated heterocycles. The summed E-state index contributed by atoms with van der Waals surface area (Å²) in [6.45, 7) is 2.48. The van der Waals surface area contributed by atoms with Gasteiger partial charge >= 0.3 is 6.18 Å². The molecule has 0 amide bonds. The topological polar surface area (TPSA) is 101 Å². The van der Waals surface area contributed by atoms with Crippen molar-refractivity contribution in [1.29, 1.82) is 0 Å². The number of hydrogen-bond acceptors (Lipinski definition) is 7. The summed E-state index contributed by atoms with van der Waals surface area (Å²) in [5.74, 6) is 1.27. The molecular weight excluding hydrogens is 523 g/mol. The van der Waals surface area contributed by atoms with Gasteiger partial charge in [-0.1, -0.05) is 24.3 Å². The Balaban J connectivity index is 1.38. The van der Waals surface area contributed by atoms with Gasteiger partial charge in [-0.05, 0) is 31.4 Å². The summed E-state index contributed by atoms with van der Waals surface area (Å²) in [7, 11) is 1.52. The molecule has 0 atom stereocenters. The predicted molar refractivity (Wildman–Crippen MR) is 141 cm³/mol. The van der Waals surface area contributed by atoms with Crippen molar-refractivity contribution in [3.8, 4) is 28.7 Å². The molecule has 1 fully saturated rings. The van der Waals surface area contributed by atoms with Gasteiger partial charge in [-0.3, -0.25) is 9.36 Å². The molecule has 0 spiro atoms. The molecule has 4 heterocycles. The van der Waals surface area contributed by atoms with Crippen molar-refractivity contribution in [2.45, 2.75) is 38.4 Å². The monoisotopic (exact) mass is 547 g/mol. The largest absolute Gasteiger partial charge is 0.477 e. The van der Waals surface area contributed by atoms with Gasteiger partial charge in [-0.15, -0.1) is 0 Å². The Morgan fingerprint density at radius 3 is 2.48 bits per heavy atom. The summed E-state index contributed by atoms with van der Waals surface area (Å²) in [4.78, 5) is 34.9. The Labute approximate surface area is 226 Å². The second-order valence-electron chi connectivity index (χ2n) is 9.63. The van der Waals surface area contributed by atoms with Crippen molar-refractivity contribution >= 4 is 11.0 Å². The first kappa shape index (κ1) is 25.7. The fourth-order valence-electron chi connectivity index (χ4n) is 4.66. The Bertz CT molecular complexity index is 1770. The maximum absolute atomic E-state index is 13.1. The van der Waals surface area contributed by atoms with Crippen molar-refractivity contribution in [1.82, 2.24) is 34.1 Å². The summed E-state index contributed by atoms with van der Waals surface area (Å²) >= 11 is 0. The maximum atomic E-state index is 13.1. The van der Waals surface area contributed by atoms with E-state index in [2.05, 4.69) is 19.9 Å². The zero-order chi connectivity index (χ0) is 28.0. The molecule has 1 aromatic carbocycles. The fraction of sp³-hybridized carbons (Fsp3) is 0.286. The van der Waals surface area contributed by atoms with Crippen LogP contribution in [0.5, 0.6) is 5.88 Å². The SMILES string of the molecule is CCOc1ncnc(C2CC2)c1-c1ncc2ccc(=O)n(Cc3ccc(-c4nc(C(F)(F)F)cn4C)cc3)c2n1. The van der Waals surface area contributed by atoms with Gasteiger partial charge < -0.3 is 9.30 Å². The molecule has 1 aliphatic rings. The first-order valence-corrected chi connectivity index (χ1v) is 12.8. The quantitative estimate of drug-likeness (QED) is 0.283. The van der Waals surface area contributed by atoms with Gasteiger partial charge in [0.05, 0.1) is 18.8 Å². The predicted octanol–water partition coefficient (Wildman–Crippen LogP) is 4.99. The Hall–Kier alpha value is -4.61. The molecule has 0 radical (unpaired) electrons. The van der Waals surface area contributed by atoms with Crippen LogP contribution in [0.1, 0.15) is 42.6 Å². The van der Waals surface area contributed by atoms with Crippen LogP contribution >= 0.6 is 0 Å². The number of alkyl halides is 3. The molecule has 0 N–H and O–H groups in total. The highest BCUT2D eigenvalue weighted by Crippen LogP contribution is 2.45. The van der Waals surface area contributed by atoms with E-state index < -0.39 is 11.9 Å². The molecule has 5 aromatic rings. The average Bonchev–Trinajstić information content (AvgIpc) is 3.71. The lowest BCUT2D eigenvalue weighted by Crippen LogP contribution is -2.21. The summed E-state index contributed by atoms with van der Waals surface area (Å²) in [6, 6.07) is 10.0. The number of aryl methyl sites for hydroxylation is 1. The van der Waals surface area contributed by atoms with E-state index in [4.69, 9.17) is 9.72 Å². The van der Waals surface area contributed by atoms with Gasteiger partial charge in [0.25, 0.3) is 5.56 Å². The number of imidazole rings is 1. The lowest BCUT2D eigenvalue weighted by molar-refractivity contribution is -0.140. The summed E-state index contributed by atoms with van der Waals surface area (Å²) < 4.78 is 48.0. The molecule has 0 unspecified atom stereocenters. The highest BCUT2D eigenvalue weighted by molar-refractivity contribution is 5.78. The van der Waals surface area contributed by atoms with Crippen LogP contribution in [0, 0.1) is 0 Å². The number of rotatable bonds is 7. The Morgan fingerprint density at radius 1 is 1.02 bits per heavy atom. The third kappa shape index (κ3) is 4.80. The molecule has 6 rings (SSSR count). The standard InChI is InChI=1S/C28H24F3N7O2/c1-3-40-27-22(23(17-8-9-17)33-15-34-27)24-32-12-19-10-11-21(39)38(26(19)36-24)13-16-4-6-18(7-5-16)25-35-20(14-37(25)2)28(29,30)31/h4-7,10-12,14-15,17H,3,8-9,13H2,1-2H3. The molecule has 9 nitrogen and oxygen atoms in total. The lowest BCUT2D eigenvalue weighted by Gasteiger charge is -2.14. The molecule has 12 heteroatoms. The number of fused-ring (bicyclic) bond motifs is 1. The third-order valence-corrected chi connectivity index (χ3v) is 6.75. The van der Waals surface area contributed by atoms with Crippen molar-refractivity contribution in [2.75, 3.05) is 6.61 Å². The number of nitrogens with zero attached hydrogens (tertiary/aromatic N) is 7. The summed E-state index contributed by atoms with van der Waals surface area (Å²) in [6.07, 6.45) is 1.60. The van der Waals surface area contributed by atoms with Gasteiger partial charge in [0.1, 0.15) is 23.4 Å². The first-order valence-electron chi connectivity index (χ1n) is 12.8. The maximum Gasteiger partial charge on any atom is 0.434 e. The van der Waals surface area contributed by atoms with Crippen molar-refractivity contribution in [3.63, 3.8) is 0 Å². The van der Waals surface area contributed by atoms with Crippen LogP contribution in [0.4, 0.5) is 13.2 Å². The number of hydrogen-bond donors (Lipinski definition) is 0. The van der Waals surface area contributed by atoms with Gasteiger partial charge in [0.15, 0.2) is 11.5 Å². The lowest BCUT2D eigenvalue weighted by atomic mass is 10.1. The number of benzene rings is 1. The molecule has 4 aromatic heterocycles. The molecular formula is C28H24F3N7O2. The van der Waals surface area contributed by atoms with Crippen LogP contribution in [-0.2, 0) is 19.8 Å². The highest BCUT2D eigenvalue weighted by atomic mass is 19.4. The van der Waals surface area contributed by atoms with E-state index in [1.807, 2.05) is 6.92 Å². The minimum Gasteiger partial charge on any atom is -0.477 e. The van der Waals surface area contributed by atoms with E-state index in [1.54, 1.807) is 41.1 Å². The van der Waals surface area contributed by atoms with Crippen LogP contribution in [0.3, 0.4) is 0 Å². The third-order valence-electron chi connectivity index (χ3n) is 6.75. The zero-order valence-corrected chi connectivity index (χ0v) is 21.7. The second-order valence-corrected chi connectivity index (χ2v) is 9.63. The molecule has 0 aliphatic heterocycles. The van der Waals surface area contributed by atoms with Gasteiger partial charge in [0, 0.05) is 42.4 Å². The number of pyridine rings is 1. The minimum atomic E-state index is -4.53. The first-order chi connectivity index (χ1) is 19.2. The molecule has 1 saturated carbocycles. The van der Waals surface area contributed by atoms with E-state index >= 15 is 0 Å². The van der Waals surface area contributed by atoms with Crippen molar-refractivity contribution in [2.24, 2.45) is 7.05 Å². The van der Waals surface area contributed by atoms with Gasteiger partial charge in [-0.2, -0.15) is 13.2 Å². The Kier molecular flexibility index (Phi) is 6.32. The minimum absolute atomic E-state index is 0.195. The number of halogens is 3. The number of ether oxygens (including phenoxy) is 1. The smallest absolute Gasteiger partial charge is 0.434 e. The van der Waals surface area contributed by atoms with Crippen LogP contribution < -0.4 is 10.3 Å². The van der Waals surface area contributed by atoms with Crippen LogP contribution in [0.2, 0.25) is 0 Å². The Morgan fingerprint density at radius 2 is 1.80 bits per heavy atom. The van der Waals surface area contributed by atoms with E-state index in [0.29, 0.717) is 46.4 Å². The zero-order valence-electron chi connectivity index (χ0n) is 21.7. The average molecular weight is 548 g/mol. The molecule has 1 aliphatic carbocycles. The van der Waals surface area contributed by atoms with E-state index in [-0.39, 0.29) is 17.9 Å². The van der Waals surface area contributed by atoms with Gasteiger partial charge in [0.2, 0.25) is 5.88 Å². The molecule has 40 heavy (non-hydrogen) atoms. The second kappa shape index (κ2) is 9.85. The summed E-state index contributed by atoms with van der Waals surface area (Å²) in [5, 5.41) is 0.676. The van der Waals surface area contributed by atoms with E-state index in [1.165, 1.54) is 24.0 Å². The van der Waals surface area contributed by atoms with Gasteiger partial charge in [-0.25, -0.2) is 24.9 Å². The molecule has 0 bridgehead atoms. The number of aromatic nitrogens is 7. The normalized spacial score (nSPS) is 13.6. The molecule has 204 valence electrons. The van der Waals surface area contributed by atoms with Crippen LogP contribution in [0.25, 0.3) is 33.8 Å². The highest BCUT2D eigenvalue weighted by Gasteiger charge is 2.34. The summed E-state index contributed by atoms with van der Waals surface area (Å²) in [5.41, 5.74) is 1.99. The van der Waals surface area contributed by atoms with E-state index in [0.717, 1.165) is 30.3 Å². The van der Waals surface area contributed by atoms with Crippen LogP contribution in [0.15, 0.2) is 59.9 Å². The van der Waals surface area contributed by atoms with E-state index in [9.17, 15) is 18.0 Å². The fourth-order valence-corrected chi connectivity index (χ4v) is 4.66.